The summed E-state index contributed by atoms with van der Waals surface area (Å²) >= 11 is 0. The van der Waals surface area contributed by atoms with Gasteiger partial charge in [0.2, 0.25) is 0 Å². The van der Waals surface area contributed by atoms with E-state index in [1.807, 2.05) is 0 Å². The van der Waals surface area contributed by atoms with Crippen LogP contribution in [0, 0.1) is 0 Å². The lowest BCUT2D eigenvalue weighted by atomic mass is 10.2. The zero-order valence-corrected chi connectivity index (χ0v) is 13.9. The molecule has 0 atom stereocenters. The second-order valence-corrected chi connectivity index (χ2v) is 5.50. The number of carbonyl (C=O) groups is 1. The van der Waals surface area contributed by atoms with Crippen molar-refractivity contribution in [2.75, 3.05) is 45.2 Å². The maximum Gasteiger partial charge on any atom is 0.387 e. The number of rotatable bonds is 6. The summed E-state index contributed by atoms with van der Waals surface area (Å²) in [5.74, 6) is 0.0690. The molecule has 0 radical (unpaired) electrons. The highest BCUT2D eigenvalue weighted by Crippen LogP contribution is 2.31. The fourth-order valence-corrected chi connectivity index (χ4v) is 2.64. The molecule has 0 aliphatic carbocycles. The van der Waals surface area contributed by atoms with Gasteiger partial charge in [-0.05, 0) is 25.1 Å². The summed E-state index contributed by atoms with van der Waals surface area (Å²) in [6.45, 7) is 3.15. The van der Waals surface area contributed by atoms with Gasteiger partial charge in [0.15, 0.2) is 11.5 Å². The minimum Gasteiger partial charge on any atom is -0.493 e. The van der Waals surface area contributed by atoms with E-state index in [4.69, 9.17) is 4.74 Å². The number of nitrogens with one attached hydrogen (secondary N) is 1. The van der Waals surface area contributed by atoms with Gasteiger partial charge in [-0.3, -0.25) is 4.90 Å². The fraction of sp³-hybridized carbons (Fsp3) is 0.562. The second-order valence-electron chi connectivity index (χ2n) is 5.50. The first-order valence-electron chi connectivity index (χ1n) is 7.94. The van der Waals surface area contributed by atoms with Crippen LogP contribution < -0.4 is 14.8 Å². The third-order valence-corrected chi connectivity index (χ3v) is 3.83. The molecule has 6 nitrogen and oxygen atoms in total. The summed E-state index contributed by atoms with van der Waals surface area (Å²) in [4.78, 5) is 16.3. The summed E-state index contributed by atoms with van der Waals surface area (Å²) in [5, 5.41) is 2.71. The van der Waals surface area contributed by atoms with Crippen molar-refractivity contribution in [3.05, 3.63) is 18.2 Å². The number of benzene rings is 1. The molecule has 1 aliphatic rings. The van der Waals surface area contributed by atoms with Crippen molar-refractivity contribution in [2.45, 2.75) is 20.0 Å². The van der Waals surface area contributed by atoms with Crippen molar-refractivity contribution in [1.29, 1.82) is 0 Å². The summed E-state index contributed by atoms with van der Waals surface area (Å²) in [5.41, 5.74) is 0.382. The molecule has 8 heteroatoms. The summed E-state index contributed by atoms with van der Waals surface area (Å²) in [6, 6.07) is 4.14. The quantitative estimate of drug-likeness (QED) is 0.863. The van der Waals surface area contributed by atoms with Crippen LogP contribution in [0.25, 0.3) is 0 Å². The molecule has 1 fully saturated rings. The van der Waals surface area contributed by atoms with Crippen LogP contribution in [0.4, 0.5) is 19.3 Å². The van der Waals surface area contributed by atoms with Gasteiger partial charge in [-0.15, -0.1) is 0 Å². The second kappa shape index (κ2) is 8.68. The molecule has 0 aromatic heterocycles. The smallest absolute Gasteiger partial charge is 0.387 e. The number of alkyl halides is 2. The van der Waals surface area contributed by atoms with Crippen molar-refractivity contribution >= 4 is 11.7 Å². The molecule has 1 heterocycles. The Labute approximate surface area is 140 Å². The van der Waals surface area contributed by atoms with E-state index in [0.717, 1.165) is 26.1 Å². The Morgan fingerprint density at radius 1 is 1.25 bits per heavy atom. The van der Waals surface area contributed by atoms with Crippen molar-refractivity contribution in [1.82, 2.24) is 9.80 Å². The number of anilines is 1. The first-order chi connectivity index (χ1) is 11.5. The molecule has 1 aromatic carbocycles. The number of carbonyl (C=O) groups excluding carboxylic acids is 1. The van der Waals surface area contributed by atoms with Gasteiger partial charge < -0.3 is 19.7 Å². The van der Waals surface area contributed by atoms with Gasteiger partial charge in [-0.25, -0.2) is 4.79 Å². The molecule has 24 heavy (non-hydrogen) atoms. The maximum absolute atomic E-state index is 12.4. The van der Waals surface area contributed by atoms with E-state index in [9.17, 15) is 13.6 Å². The highest BCUT2D eigenvalue weighted by Gasteiger charge is 2.21. The predicted octanol–water partition coefficient (Wildman–Crippen LogP) is 2.86. The van der Waals surface area contributed by atoms with Crippen molar-refractivity contribution in [3.63, 3.8) is 0 Å². The molecular formula is C16H23F2N3O3. The number of ether oxygens (including phenoxy) is 2. The number of amides is 2. The molecule has 1 aromatic rings. The first kappa shape index (κ1) is 18.3. The number of urea groups is 1. The molecule has 0 saturated carbocycles. The minimum atomic E-state index is -2.96. The predicted molar refractivity (Wildman–Crippen MR) is 86.9 cm³/mol. The van der Waals surface area contributed by atoms with Crippen molar-refractivity contribution in [2.24, 2.45) is 0 Å². The lowest BCUT2D eigenvalue weighted by Gasteiger charge is -2.34. The molecule has 2 rings (SSSR count). The van der Waals surface area contributed by atoms with Gasteiger partial charge in [-0.2, -0.15) is 8.78 Å². The largest absolute Gasteiger partial charge is 0.493 e. The number of hydrogen-bond donors (Lipinski definition) is 1. The number of halogens is 2. The Kier molecular flexibility index (Phi) is 6.60. The number of hydrogen-bond acceptors (Lipinski definition) is 4. The van der Waals surface area contributed by atoms with E-state index in [-0.39, 0.29) is 17.5 Å². The van der Waals surface area contributed by atoms with Crippen LogP contribution in [0.15, 0.2) is 18.2 Å². The molecule has 0 unspecified atom stereocenters. The lowest BCUT2D eigenvalue weighted by Crippen LogP contribution is -2.50. The van der Waals surface area contributed by atoms with Crippen molar-refractivity contribution in [3.8, 4) is 11.5 Å². The fourth-order valence-electron chi connectivity index (χ4n) is 2.64. The zero-order valence-electron chi connectivity index (χ0n) is 13.9. The van der Waals surface area contributed by atoms with Crippen molar-refractivity contribution < 1.29 is 23.0 Å². The molecule has 0 bridgehead atoms. The molecule has 0 spiro atoms. The molecule has 1 N–H and O–H groups in total. The molecule has 2 amide bonds. The average Bonchev–Trinajstić information content (AvgIpc) is 2.55. The van der Waals surface area contributed by atoms with Crippen LogP contribution in [0.5, 0.6) is 11.5 Å². The number of nitrogens with zero attached hydrogens (tertiary/aromatic N) is 2. The van der Waals surface area contributed by atoms with Gasteiger partial charge in [-0.1, -0.05) is 6.92 Å². The number of methoxy groups -OCH3 is 1. The Morgan fingerprint density at radius 2 is 1.96 bits per heavy atom. The van der Waals surface area contributed by atoms with Gasteiger partial charge >= 0.3 is 12.6 Å². The first-order valence-corrected chi connectivity index (χ1v) is 7.94. The topological polar surface area (TPSA) is 54.0 Å². The van der Waals surface area contributed by atoms with E-state index in [1.165, 1.54) is 19.2 Å². The van der Waals surface area contributed by atoms with Gasteiger partial charge in [0.1, 0.15) is 0 Å². The highest BCUT2D eigenvalue weighted by atomic mass is 19.3. The van der Waals surface area contributed by atoms with Crippen LogP contribution in [-0.4, -0.2) is 62.3 Å². The van der Waals surface area contributed by atoms with Crippen LogP contribution in [-0.2, 0) is 0 Å². The van der Waals surface area contributed by atoms with Crippen LogP contribution in [0.2, 0.25) is 0 Å². The summed E-state index contributed by atoms with van der Waals surface area (Å²) in [6.07, 6.45) is 1.09. The molecule has 1 saturated heterocycles. The normalized spacial score (nSPS) is 15.5. The maximum atomic E-state index is 12.4. The van der Waals surface area contributed by atoms with Crippen LogP contribution >= 0.6 is 0 Å². The van der Waals surface area contributed by atoms with E-state index < -0.39 is 6.61 Å². The Hall–Kier alpha value is -2.09. The van der Waals surface area contributed by atoms with Gasteiger partial charge in [0, 0.05) is 37.9 Å². The molecule has 1 aliphatic heterocycles. The Balaban J connectivity index is 1.96. The highest BCUT2D eigenvalue weighted by molar-refractivity contribution is 5.89. The third kappa shape index (κ3) is 4.95. The van der Waals surface area contributed by atoms with E-state index in [1.54, 1.807) is 11.0 Å². The average molecular weight is 343 g/mol. The molecular weight excluding hydrogens is 320 g/mol. The van der Waals surface area contributed by atoms with Crippen LogP contribution in [0.1, 0.15) is 13.3 Å². The summed E-state index contributed by atoms with van der Waals surface area (Å²) < 4.78 is 34.3. The Bertz CT molecular complexity index is 549. The molecule has 134 valence electrons. The van der Waals surface area contributed by atoms with Crippen LogP contribution in [0.3, 0.4) is 0 Å². The zero-order chi connectivity index (χ0) is 17.5. The monoisotopic (exact) mass is 343 g/mol. The standard InChI is InChI=1S/C16H23F2N3O3/c1-3-6-20-7-9-21(10-8-20)16(22)19-12-4-5-13(23-2)14(11-12)24-15(17)18/h4-5,11,15H,3,6-10H2,1-2H3,(H,19,22). The van der Waals surface area contributed by atoms with E-state index in [2.05, 4.69) is 21.9 Å². The Morgan fingerprint density at radius 3 is 2.54 bits per heavy atom. The van der Waals surface area contributed by atoms with Gasteiger partial charge in [0.05, 0.1) is 7.11 Å². The SMILES string of the molecule is CCCN1CCN(C(=O)Nc2ccc(OC)c(OC(F)F)c2)CC1. The van der Waals surface area contributed by atoms with E-state index in [0.29, 0.717) is 18.8 Å². The lowest BCUT2D eigenvalue weighted by molar-refractivity contribution is -0.0511. The van der Waals surface area contributed by atoms with E-state index >= 15 is 0 Å². The third-order valence-electron chi connectivity index (χ3n) is 3.83. The summed E-state index contributed by atoms with van der Waals surface area (Å²) in [7, 11) is 1.36. The minimum absolute atomic E-state index is 0.113. The number of piperazine rings is 1. The van der Waals surface area contributed by atoms with Gasteiger partial charge in [0.25, 0.3) is 0 Å².